The molecule has 1 aromatic heterocycles. The van der Waals surface area contributed by atoms with Crippen LogP contribution in [0.4, 0.5) is 5.13 Å². The van der Waals surface area contributed by atoms with Crippen LogP contribution in [0.5, 0.6) is 11.5 Å². The first kappa shape index (κ1) is 18.8. The molecule has 1 fully saturated rings. The van der Waals surface area contributed by atoms with E-state index in [1.54, 1.807) is 37.7 Å². The quantitative estimate of drug-likeness (QED) is 0.643. The van der Waals surface area contributed by atoms with Crippen LogP contribution in [0.1, 0.15) is 10.4 Å². The zero-order valence-corrected chi connectivity index (χ0v) is 17.2. The first-order valence-electron chi connectivity index (χ1n) is 8.92. The molecular formula is C20H20ClN3O3S. The van der Waals surface area contributed by atoms with Gasteiger partial charge in [0.1, 0.15) is 5.52 Å². The number of methoxy groups -OCH3 is 2. The number of nitrogens with zero attached hydrogens (tertiary/aromatic N) is 3. The van der Waals surface area contributed by atoms with Gasteiger partial charge in [0.05, 0.1) is 29.5 Å². The molecule has 6 nitrogen and oxygen atoms in total. The molecule has 28 heavy (non-hydrogen) atoms. The highest BCUT2D eigenvalue weighted by Gasteiger charge is 2.25. The van der Waals surface area contributed by atoms with Crippen molar-refractivity contribution in [2.24, 2.45) is 0 Å². The van der Waals surface area contributed by atoms with E-state index in [1.807, 2.05) is 29.2 Å². The van der Waals surface area contributed by atoms with E-state index in [-0.39, 0.29) is 5.91 Å². The minimum atomic E-state index is -0.0269. The number of fused-ring (bicyclic) bond motifs is 1. The number of halogens is 1. The Balaban J connectivity index is 1.51. The lowest BCUT2D eigenvalue weighted by Crippen LogP contribution is -2.48. The summed E-state index contributed by atoms with van der Waals surface area (Å²) in [6, 6.07) is 11.1. The number of benzene rings is 2. The summed E-state index contributed by atoms with van der Waals surface area (Å²) in [5.74, 6) is 1.29. The van der Waals surface area contributed by atoms with E-state index < -0.39 is 0 Å². The molecule has 3 aromatic rings. The molecule has 2 aromatic carbocycles. The lowest BCUT2D eigenvalue weighted by atomic mass is 10.2. The summed E-state index contributed by atoms with van der Waals surface area (Å²) in [5, 5.41) is 1.41. The number of rotatable bonds is 4. The van der Waals surface area contributed by atoms with Crippen molar-refractivity contribution in [3.63, 3.8) is 0 Å². The Bertz CT molecular complexity index is 1020. The highest BCUT2D eigenvalue weighted by Crippen LogP contribution is 2.40. The van der Waals surface area contributed by atoms with E-state index >= 15 is 0 Å². The molecule has 0 bridgehead atoms. The number of thiazole rings is 1. The second-order valence-corrected chi connectivity index (χ2v) is 7.82. The number of piperazine rings is 1. The Kier molecular flexibility index (Phi) is 5.28. The van der Waals surface area contributed by atoms with Crippen LogP contribution >= 0.6 is 22.9 Å². The van der Waals surface area contributed by atoms with Gasteiger partial charge in [-0.05, 0) is 24.3 Å². The Morgan fingerprint density at radius 1 is 1.07 bits per heavy atom. The van der Waals surface area contributed by atoms with Gasteiger partial charge in [-0.2, -0.15) is 0 Å². The van der Waals surface area contributed by atoms with E-state index in [4.69, 9.17) is 26.1 Å². The van der Waals surface area contributed by atoms with Crippen LogP contribution in [0.3, 0.4) is 0 Å². The van der Waals surface area contributed by atoms with Gasteiger partial charge in [0.2, 0.25) is 0 Å². The van der Waals surface area contributed by atoms with E-state index in [1.165, 1.54) is 0 Å². The molecule has 1 amide bonds. The maximum absolute atomic E-state index is 12.7. The number of anilines is 1. The molecule has 0 radical (unpaired) electrons. The van der Waals surface area contributed by atoms with Gasteiger partial charge in [-0.25, -0.2) is 4.98 Å². The summed E-state index contributed by atoms with van der Waals surface area (Å²) in [7, 11) is 3.24. The van der Waals surface area contributed by atoms with Crippen LogP contribution in [-0.4, -0.2) is 56.2 Å². The first-order valence-corrected chi connectivity index (χ1v) is 10.1. The van der Waals surface area contributed by atoms with Gasteiger partial charge in [0.25, 0.3) is 5.91 Å². The van der Waals surface area contributed by atoms with Crippen LogP contribution in [0.25, 0.3) is 10.2 Å². The van der Waals surface area contributed by atoms with Gasteiger partial charge in [-0.3, -0.25) is 4.79 Å². The van der Waals surface area contributed by atoms with Crippen molar-refractivity contribution >= 4 is 44.2 Å². The SMILES string of the molecule is COc1ccc2sc(N3CCN(C(=O)c4ccccc4Cl)CC3)nc2c1OC. The van der Waals surface area contributed by atoms with Crippen LogP contribution in [0.2, 0.25) is 5.02 Å². The van der Waals surface area contributed by atoms with Crippen LogP contribution in [0, 0.1) is 0 Å². The minimum absolute atomic E-state index is 0.0269. The highest BCUT2D eigenvalue weighted by molar-refractivity contribution is 7.22. The molecule has 0 atom stereocenters. The summed E-state index contributed by atoms with van der Waals surface area (Å²) >= 11 is 7.79. The number of carbonyl (C=O) groups is 1. The van der Waals surface area contributed by atoms with Gasteiger partial charge < -0.3 is 19.3 Å². The lowest BCUT2D eigenvalue weighted by Gasteiger charge is -2.34. The second kappa shape index (κ2) is 7.85. The predicted molar refractivity (Wildman–Crippen MR) is 112 cm³/mol. The average molecular weight is 418 g/mol. The number of carbonyl (C=O) groups excluding carboxylic acids is 1. The van der Waals surface area contributed by atoms with Gasteiger partial charge in [-0.15, -0.1) is 0 Å². The summed E-state index contributed by atoms with van der Waals surface area (Å²) in [4.78, 5) is 21.6. The molecule has 0 unspecified atom stereocenters. The topological polar surface area (TPSA) is 54.9 Å². The van der Waals surface area contributed by atoms with Crippen molar-refractivity contribution in [3.8, 4) is 11.5 Å². The molecule has 0 saturated carbocycles. The molecule has 1 aliphatic rings. The van der Waals surface area contributed by atoms with E-state index in [9.17, 15) is 4.79 Å². The normalized spacial score (nSPS) is 14.4. The molecule has 0 spiro atoms. The predicted octanol–water partition coefficient (Wildman–Crippen LogP) is 3.93. The van der Waals surface area contributed by atoms with E-state index in [0.29, 0.717) is 35.2 Å². The fourth-order valence-electron chi connectivity index (χ4n) is 3.34. The number of amides is 1. The van der Waals surface area contributed by atoms with Gasteiger partial charge >= 0.3 is 0 Å². The number of aromatic nitrogens is 1. The van der Waals surface area contributed by atoms with Crippen molar-refractivity contribution in [3.05, 3.63) is 47.0 Å². The Labute approximate surface area is 172 Å². The van der Waals surface area contributed by atoms with E-state index in [2.05, 4.69) is 4.90 Å². The average Bonchev–Trinajstić information content (AvgIpc) is 3.17. The maximum Gasteiger partial charge on any atom is 0.255 e. The molecule has 0 aliphatic carbocycles. The Morgan fingerprint density at radius 3 is 2.50 bits per heavy atom. The molecule has 1 saturated heterocycles. The lowest BCUT2D eigenvalue weighted by molar-refractivity contribution is 0.0747. The molecule has 4 rings (SSSR count). The summed E-state index contributed by atoms with van der Waals surface area (Å²) in [6.07, 6.45) is 0. The molecule has 2 heterocycles. The zero-order valence-electron chi connectivity index (χ0n) is 15.6. The third kappa shape index (κ3) is 3.36. The standard InChI is InChI=1S/C20H20ClN3O3S/c1-26-15-7-8-16-17(18(15)27-2)22-20(28-16)24-11-9-23(10-12-24)19(25)13-5-3-4-6-14(13)21/h3-8H,9-12H2,1-2H3. The molecular weight excluding hydrogens is 398 g/mol. The zero-order chi connectivity index (χ0) is 19.7. The van der Waals surface area contributed by atoms with Crippen molar-refractivity contribution in [1.29, 1.82) is 0 Å². The fourth-order valence-corrected chi connectivity index (χ4v) is 4.57. The second-order valence-electron chi connectivity index (χ2n) is 6.40. The van der Waals surface area contributed by atoms with Gasteiger partial charge in [0.15, 0.2) is 16.6 Å². The maximum atomic E-state index is 12.7. The van der Waals surface area contributed by atoms with Crippen LogP contribution < -0.4 is 14.4 Å². The van der Waals surface area contributed by atoms with Crippen molar-refractivity contribution < 1.29 is 14.3 Å². The molecule has 8 heteroatoms. The third-order valence-electron chi connectivity index (χ3n) is 4.83. The largest absolute Gasteiger partial charge is 0.493 e. The molecule has 0 N–H and O–H groups in total. The summed E-state index contributed by atoms with van der Waals surface area (Å²) in [5.41, 5.74) is 1.35. The van der Waals surface area contributed by atoms with Crippen LogP contribution in [0.15, 0.2) is 36.4 Å². The van der Waals surface area contributed by atoms with Crippen molar-refractivity contribution in [2.45, 2.75) is 0 Å². The summed E-state index contributed by atoms with van der Waals surface area (Å²) in [6.45, 7) is 2.69. The smallest absolute Gasteiger partial charge is 0.255 e. The van der Waals surface area contributed by atoms with Crippen molar-refractivity contribution in [1.82, 2.24) is 9.88 Å². The van der Waals surface area contributed by atoms with Gasteiger partial charge in [-0.1, -0.05) is 35.1 Å². The molecule has 146 valence electrons. The van der Waals surface area contributed by atoms with Crippen LogP contribution in [-0.2, 0) is 0 Å². The monoisotopic (exact) mass is 417 g/mol. The van der Waals surface area contributed by atoms with Crippen molar-refractivity contribution in [2.75, 3.05) is 45.3 Å². The first-order chi connectivity index (χ1) is 13.6. The number of ether oxygens (including phenoxy) is 2. The third-order valence-corrected chi connectivity index (χ3v) is 6.24. The van der Waals surface area contributed by atoms with E-state index in [0.717, 1.165) is 28.4 Å². The Hall–Kier alpha value is -2.51. The highest BCUT2D eigenvalue weighted by atomic mass is 35.5. The minimum Gasteiger partial charge on any atom is -0.493 e. The number of hydrogen-bond acceptors (Lipinski definition) is 6. The fraction of sp³-hybridized carbons (Fsp3) is 0.300. The molecule has 1 aliphatic heterocycles. The summed E-state index contributed by atoms with van der Waals surface area (Å²) < 4.78 is 11.9. The number of hydrogen-bond donors (Lipinski definition) is 0. The van der Waals surface area contributed by atoms with Gasteiger partial charge in [0, 0.05) is 26.2 Å². The Morgan fingerprint density at radius 2 is 1.82 bits per heavy atom.